The first-order chi connectivity index (χ1) is 9.93. The van der Waals surface area contributed by atoms with Crippen LogP contribution in [0.4, 0.5) is 0 Å². The van der Waals surface area contributed by atoms with Crippen LogP contribution in [0, 0.1) is 0 Å². The van der Waals surface area contributed by atoms with Gasteiger partial charge >= 0.3 is 5.97 Å². The zero-order valence-electron chi connectivity index (χ0n) is 11.8. The normalized spacial score (nSPS) is 11.4. The van der Waals surface area contributed by atoms with E-state index in [1.54, 1.807) is 38.1 Å². The summed E-state index contributed by atoms with van der Waals surface area (Å²) in [6.07, 6.45) is 0. The second-order valence-electron chi connectivity index (χ2n) is 4.27. The lowest BCUT2D eigenvalue weighted by Crippen LogP contribution is -2.46. The number of amides is 2. The van der Waals surface area contributed by atoms with Gasteiger partial charge in [0.2, 0.25) is 5.91 Å². The highest BCUT2D eigenvalue weighted by atomic mass is 79.9. The molecule has 0 saturated heterocycles. The van der Waals surface area contributed by atoms with Gasteiger partial charge in [0.1, 0.15) is 6.04 Å². The van der Waals surface area contributed by atoms with Crippen molar-refractivity contribution in [3.63, 3.8) is 0 Å². The van der Waals surface area contributed by atoms with Crippen LogP contribution < -0.4 is 10.6 Å². The SMILES string of the molecule is CCNC(=O)[C@H](C)NC(=O)COC(=O)c1ccc(Br)cc1. The molecule has 114 valence electrons. The topological polar surface area (TPSA) is 84.5 Å². The summed E-state index contributed by atoms with van der Waals surface area (Å²) < 4.78 is 5.71. The number of halogens is 1. The summed E-state index contributed by atoms with van der Waals surface area (Å²) in [6.45, 7) is 3.39. The lowest BCUT2D eigenvalue weighted by atomic mass is 10.2. The maximum Gasteiger partial charge on any atom is 0.338 e. The van der Waals surface area contributed by atoms with E-state index in [4.69, 9.17) is 4.74 Å². The Labute approximate surface area is 131 Å². The Bertz CT molecular complexity index is 516. The van der Waals surface area contributed by atoms with Crippen molar-refractivity contribution < 1.29 is 19.1 Å². The first-order valence-electron chi connectivity index (χ1n) is 6.43. The first kappa shape index (κ1) is 17.2. The van der Waals surface area contributed by atoms with E-state index in [2.05, 4.69) is 26.6 Å². The molecule has 0 radical (unpaired) electrons. The van der Waals surface area contributed by atoms with Gasteiger partial charge in [-0.15, -0.1) is 0 Å². The van der Waals surface area contributed by atoms with Gasteiger partial charge in [-0.25, -0.2) is 4.79 Å². The number of ether oxygens (including phenoxy) is 1. The molecule has 7 heteroatoms. The van der Waals surface area contributed by atoms with Gasteiger partial charge in [-0.2, -0.15) is 0 Å². The predicted molar refractivity (Wildman–Crippen MR) is 80.7 cm³/mol. The molecule has 1 aromatic carbocycles. The Kier molecular flexibility index (Phi) is 6.87. The highest BCUT2D eigenvalue weighted by Crippen LogP contribution is 2.11. The molecule has 0 spiro atoms. The van der Waals surface area contributed by atoms with E-state index in [1.807, 2.05) is 0 Å². The van der Waals surface area contributed by atoms with Crippen LogP contribution >= 0.6 is 15.9 Å². The number of nitrogens with one attached hydrogen (secondary N) is 2. The van der Waals surface area contributed by atoms with Crippen molar-refractivity contribution in [2.45, 2.75) is 19.9 Å². The molecule has 0 aliphatic heterocycles. The largest absolute Gasteiger partial charge is 0.452 e. The monoisotopic (exact) mass is 356 g/mol. The van der Waals surface area contributed by atoms with Gasteiger partial charge in [0.05, 0.1) is 5.56 Å². The molecule has 0 aromatic heterocycles. The third-order valence-electron chi connectivity index (χ3n) is 2.54. The molecule has 21 heavy (non-hydrogen) atoms. The van der Waals surface area contributed by atoms with E-state index in [9.17, 15) is 14.4 Å². The fraction of sp³-hybridized carbons (Fsp3) is 0.357. The zero-order valence-corrected chi connectivity index (χ0v) is 13.4. The number of benzene rings is 1. The third kappa shape index (κ3) is 5.95. The molecule has 1 aromatic rings. The van der Waals surface area contributed by atoms with Crippen molar-refractivity contribution in [3.05, 3.63) is 34.3 Å². The summed E-state index contributed by atoms with van der Waals surface area (Å²) in [6, 6.07) is 5.90. The summed E-state index contributed by atoms with van der Waals surface area (Å²) in [7, 11) is 0. The van der Waals surface area contributed by atoms with Crippen molar-refractivity contribution in [1.29, 1.82) is 0 Å². The van der Waals surface area contributed by atoms with E-state index < -0.39 is 24.5 Å². The van der Waals surface area contributed by atoms with E-state index in [-0.39, 0.29) is 5.91 Å². The van der Waals surface area contributed by atoms with Crippen molar-refractivity contribution in [3.8, 4) is 0 Å². The fourth-order valence-electron chi connectivity index (χ4n) is 1.48. The second kappa shape index (κ2) is 8.41. The highest BCUT2D eigenvalue weighted by molar-refractivity contribution is 9.10. The third-order valence-corrected chi connectivity index (χ3v) is 3.06. The quantitative estimate of drug-likeness (QED) is 0.751. The highest BCUT2D eigenvalue weighted by Gasteiger charge is 2.16. The molecule has 6 nitrogen and oxygen atoms in total. The second-order valence-corrected chi connectivity index (χ2v) is 5.18. The van der Waals surface area contributed by atoms with E-state index in [0.717, 1.165) is 4.47 Å². The maximum absolute atomic E-state index is 11.7. The average Bonchev–Trinajstić information content (AvgIpc) is 2.45. The smallest absolute Gasteiger partial charge is 0.338 e. The molecule has 0 aliphatic rings. The summed E-state index contributed by atoms with van der Waals surface area (Å²) >= 11 is 3.26. The summed E-state index contributed by atoms with van der Waals surface area (Å²) in [4.78, 5) is 34.7. The lowest BCUT2D eigenvalue weighted by molar-refractivity contribution is -0.130. The number of hydrogen-bond donors (Lipinski definition) is 2. The number of esters is 1. The first-order valence-corrected chi connectivity index (χ1v) is 7.23. The summed E-state index contributed by atoms with van der Waals surface area (Å²) in [5, 5.41) is 5.03. The minimum absolute atomic E-state index is 0.287. The number of carbonyl (C=O) groups excluding carboxylic acids is 3. The van der Waals surface area contributed by atoms with Crippen molar-refractivity contribution >= 4 is 33.7 Å². The van der Waals surface area contributed by atoms with E-state index in [0.29, 0.717) is 12.1 Å². The fourth-order valence-corrected chi connectivity index (χ4v) is 1.74. The number of hydrogen-bond acceptors (Lipinski definition) is 4. The van der Waals surface area contributed by atoms with Gasteiger partial charge in [-0.05, 0) is 38.1 Å². The molecule has 2 N–H and O–H groups in total. The van der Waals surface area contributed by atoms with Crippen molar-refractivity contribution in [2.24, 2.45) is 0 Å². The Hall–Kier alpha value is -1.89. The van der Waals surface area contributed by atoms with Crippen LogP contribution in [0.15, 0.2) is 28.7 Å². The van der Waals surface area contributed by atoms with Crippen LogP contribution in [0.1, 0.15) is 24.2 Å². The van der Waals surface area contributed by atoms with Crippen molar-refractivity contribution in [1.82, 2.24) is 10.6 Å². The van der Waals surface area contributed by atoms with Gasteiger partial charge < -0.3 is 15.4 Å². The van der Waals surface area contributed by atoms with Gasteiger partial charge in [0, 0.05) is 11.0 Å². The maximum atomic E-state index is 11.7. The van der Waals surface area contributed by atoms with E-state index >= 15 is 0 Å². The lowest BCUT2D eigenvalue weighted by Gasteiger charge is -2.13. The zero-order chi connectivity index (χ0) is 15.8. The molecule has 0 saturated carbocycles. The molecule has 1 rings (SSSR count). The van der Waals surface area contributed by atoms with Gasteiger partial charge in [-0.1, -0.05) is 15.9 Å². The predicted octanol–water partition coefficient (Wildman–Crippen LogP) is 1.25. The van der Waals surface area contributed by atoms with Crippen LogP contribution in [-0.2, 0) is 14.3 Å². The molecule has 2 amide bonds. The molecule has 0 unspecified atom stereocenters. The Morgan fingerprint density at radius 3 is 2.43 bits per heavy atom. The van der Waals surface area contributed by atoms with Crippen molar-refractivity contribution in [2.75, 3.05) is 13.2 Å². The Morgan fingerprint density at radius 2 is 1.86 bits per heavy atom. The standard InChI is InChI=1S/C14H17BrN2O4/c1-3-16-13(19)9(2)17-12(18)8-21-14(20)10-4-6-11(15)7-5-10/h4-7,9H,3,8H2,1-2H3,(H,16,19)(H,17,18)/t9-/m0/s1. The Balaban J connectivity index is 2.40. The molecule has 0 aliphatic carbocycles. The van der Waals surface area contributed by atoms with Crippen LogP contribution in [-0.4, -0.2) is 37.0 Å². The molecule has 0 bridgehead atoms. The van der Waals surface area contributed by atoms with Crippen LogP contribution in [0.25, 0.3) is 0 Å². The minimum Gasteiger partial charge on any atom is -0.452 e. The molecule has 0 fully saturated rings. The average molecular weight is 357 g/mol. The molecule has 0 heterocycles. The molecular weight excluding hydrogens is 340 g/mol. The summed E-state index contributed by atoms with van der Waals surface area (Å²) in [5.74, 6) is -1.41. The van der Waals surface area contributed by atoms with Gasteiger partial charge in [0.25, 0.3) is 5.91 Å². The molecular formula is C14H17BrN2O4. The van der Waals surface area contributed by atoms with Gasteiger partial charge in [-0.3, -0.25) is 9.59 Å². The van der Waals surface area contributed by atoms with Gasteiger partial charge in [0.15, 0.2) is 6.61 Å². The number of likely N-dealkylation sites (N-methyl/N-ethyl adjacent to an activating group) is 1. The van der Waals surface area contributed by atoms with E-state index in [1.165, 1.54) is 0 Å². The number of rotatable bonds is 6. The Morgan fingerprint density at radius 1 is 1.24 bits per heavy atom. The summed E-state index contributed by atoms with van der Waals surface area (Å²) in [5.41, 5.74) is 0.350. The minimum atomic E-state index is -0.677. The van der Waals surface area contributed by atoms with Crippen LogP contribution in [0.3, 0.4) is 0 Å². The molecule has 1 atom stereocenters. The van der Waals surface area contributed by atoms with Crippen LogP contribution in [0.5, 0.6) is 0 Å². The number of carbonyl (C=O) groups is 3. The van der Waals surface area contributed by atoms with Crippen LogP contribution in [0.2, 0.25) is 0 Å².